The molecule has 2 heterocycles. The first kappa shape index (κ1) is 14.8. The summed E-state index contributed by atoms with van der Waals surface area (Å²) in [6, 6.07) is 0.475. The molecular weight excluding hydrogens is 236 g/mol. The molecule has 2 aliphatic heterocycles. The molecule has 0 bridgehead atoms. The lowest BCUT2D eigenvalue weighted by atomic mass is 9.93. The van der Waals surface area contributed by atoms with Gasteiger partial charge in [0.05, 0.1) is 0 Å². The van der Waals surface area contributed by atoms with E-state index in [-0.39, 0.29) is 12.4 Å². The summed E-state index contributed by atoms with van der Waals surface area (Å²) in [5.41, 5.74) is 0. The zero-order valence-corrected chi connectivity index (χ0v) is 11.6. The number of amides is 1. The lowest BCUT2D eigenvalue weighted by Crippen LogP contribution is -2.43. The van der Waals surface area contributed by atoms with E-state index in [2.05, 4.69) is 17.1 Å². The summed E-state index contributed by atoms with van der Waals surface area (Å²) in [6.45, 7) is 5.37. The van der Waals surface area contributed by atoms with Gasteiger partial charge in [-0.3, -0.25) is 4.79 Å². The maximum absolute atomic E-state index is 12.2. The summed E-state index contributed by atoms with van der Waals surface area (Å²) < 4.78 is 0. The highest BCUT2D eigenvalue weighted by Crippen LogP contribution is 2.22. The second-order valence-electron chi connectivity index (χ2n) is 5.33. The number of nitrogens with one attached hydrogen (secondary N) is 1. The third-order valence-corrected chi connectivity index (χ3v) is 4.05. The van der Waals surface area contributed by atoms with Crippen molar-refractivity contribution in [2.75, 3.05) is 19.6 Å². The Bertz CT molecular complexity index is 242. The maximum atomic E-state index is 12.2. The molecule has 2 saturated heterocycles. The van der Waals surface area contributed by atoms with Crippen LogP contribution in [0.25, 0.3) is 0 Å². The van der Waals surface area contributed by atoms with Crippen LogP contribution in [-0.2, 0) is 4.79 Å². The number of rotatable bonds is 2. The van der Waals surface area contributed by atoms with Crippen LogP contribution in [0.2, 0.25) is 0 Å². The molecule has 2 rings (SSSR count). The topological polar surface area (TPSA) is 32.3 Å². The van der Waals surface area contributed by atoms with E-state index >= 15 is 0 Å². The molecule has 4 heteroatoms. The average Bonchev–Trinajstić information content (AvgIpc) is 2.31. The summed E-state index contributed by atoms with van der Waals surface area (Å²) in [5, 5.41) is 3.35. The van der Waals surface area contributed by atoms with E-state index in [1.807, 2.05) is 0 Å². The Labute approximate surface area is 111 Å². The van der Waals surface area contributed by atoms with Crippen molar-refractivity contribution in [1.82, 2.24) is 10.2 Å². The molecule has 0 saturated carbocycles. The Balaban J connectivity index is 0.00000144. The van der Waals surface area contributed by atoms with E-state index in [9.17, 15) is 4.79 Å². The van der Waals surface area contributed by atoms with Crippen molar-refractivity contribution in [3.63, 3.8) is 0 Å². The molecule has 1 N–H and O–H groups in total. The third-order valence-electron chi connectivity index (χ3n) is 4.05. The van der Waals surface area contributed by atoms with Gasteiger partial charge in [-0.25, -0.2) is 0 Å². The first-order valence-corrected chi connectivity index (χ1v) is 6.77. The minimum Gasteiger partial charge on any atom is -0.340 e. The number of hydrogen-bond acceptors (Lipinski definition) is 2. The first-order valence-electron chi connectivity index (χ1n) is 6.77. The first-order chi connectivity index (χ1) is 7.77. The Kier molecular flexibility index (Phi) is 6.28. The fourth-order valence-electron chi connectivity index (χ4n) is 2.92. The van der Waals surface area contributed by atoms with E-state index < -0.39 is 0 Å². The van der Waals surface area contributed by atoms with Crippen molar-refractivity contribution >= 4 is 18.3 Å². The standard InChI is InChI=1S/C13H24N2O.ClH/c1-11-4-2-3-9-15(11)13(16)10-12-5-7-14-8-6-12;/h11-12,14H,2-10H2,1H3;1H. The Hall–Kier alpha value is -0.280. The number of piperidine rings is 2. The quantitative estimate of drug-likeness (QED) is 0.826. The van der Waals surface area contributed by atoms with Crippen LogP contribution in [0.3, 0.4) is 0 Å². The number of carbonyl (C=O) groups excluding carboxylic acids is 1. The molecule has 100 valence electrons. The highest BCUT2D eigenvalue weighted by atomic mass is 35.5. The van der Waals surface area contributed by atoms with Gasteiger partial charge in [0.25, 0.3) is 0 Å². The van der Waals surface area contributed by atoms with Crippen LogP contribution in [0, 0.1) is 5.92 Å². The van der Waals surface area contributed by atoms with Crippen molar-refractivity contribution in [2.24, 2.45) is 5.92 Å². The molecule has 0 aromatic rings. The summed E-state index contributed by atoms with van der Waals surface area (Å²) in [7, 11) is 0. The molecule has 0 aromatic heterocycles. The molecule has 2 fully saturated rings. The van der Waals surface area contributed by atoms with Gasteiger partial charge in [0, 0.05) is 19.0 Å². The lowest BCUT2D eigenvalue weighted by Gasteiger charge is -2.35. The van der Waals surface area contributed by atoms with Crippen LogP contribution in [0.4, 0.5) is 0 Å². The van der Waals surface area contributed by atoms with Crippen LogP contribution in [0.15, 0.2) is 0 Å². The highest BCUT2D eigenvalue weighted by Gasteiger charge is 2.25. The second kappa shape index (κ2) is 7.22. The highest BCUT2D eigenvalue weighted by molar-refractivity contribution is 5.85. The van der Waals surface area contributed by atoms with E-state index in [0.29, 0.717) is 17.9 Å². The molecule has 1 amide bonds. The predicted molar refractivity (Wildman–Crippen MR) is 72.5 cm³/mol. The maximum Gasteiger partial charge on any atom is 0.223 e. The lowest BCUT2D eigenvalue weighted by molar-refractivity contribution is -0.135. The summed E-state index contributed by atoms with van der Waals surface area (Å²) in [6.07, 6.45) is 6.81. The molecule has 0 radical (unpaired) electrons. The van der Waals surface area contributed by atoms with Gasteiger partial charge in [-0.1, -0.05) is 0 Å². The SMILES string of the molecule is CC1CCCCN1C(=O)CC1CCNCC1.Cl. The number of likely N-dealkylation sites (tertiary alicyclic amines) is 1. The van der Waals surface area contributed by atoms with E-state index in [4.69, 9.17) is 0 Å². The van der Waals surface area contributed by atoms with Crippen molar-refractivity contribution in [3.05, 3.63) is 0 Å². The summed E-state index contributed by atoms with van der Waals surface area (Å²) in [4.78, 5) is 14.3. The average molecular weight is 261 g/mol. The summed E-state index contributed by atoms with van der Waals surface area (Å²) >= 11 is 0. The third kappa shape index (κ3) is 4.14. The minimum atomic E-state index is 0. The van der Waals surface area contributed by atoms with Gasteiger partial charge in [0.15, 0.2) is 0 Å². The number of halogens is 1. The van der Waals surface area contributed by atoms with Gasteiger partial charge in [-0.05, 0) is 58.0 Å². The van der Waals surface area contributed by atoms with Gasteiger partial charge in [0.2, 0.25) is 5.91 Å². The molecule has 3 nitrogen and oxygen atoms in total. The van der Waals surface area contributed by atoms with Crippen LogP contribution in [0.1, 0.15) is 45.4 Å². The Morgan fingerprint density at radius 3 is 2.59 bits per heavy atom. The Morgan fingerprint density at radius 1 is 1.24 bits per heavy atom. The van der Waals surface area contributed by atoms with Crippen molar-refractivity contribution < 1.29 is 4.79 Å². The van der Waals surface area contributed by atoms with Gasteiger partial charge in [-0.15, -0.1) is 12.4 Å². The smallest absolute Gasteiger partial charge is 0.223 e. The zero-order chi connectivity index (χ0) is 11.4. The molecule has 0 aromatic carbocycles. The predicted octanol–water partition coefficient (Wildman–Crippen LogP) is 2.20. The molecule has 0 spiro atoms. The second-order valence-corrected chi connectivity index (χ2v) is 5.33. The fourth-order valence-corrected chi connectivity index (χ4v) is 2.92. The molecule has 1 unspecified atom stereocenters. The molecular formula is C13H25ClN2O. The van der Waals surface area contributed by atoms with Crippen molar-refractivity contribution in [3.8, 4) is 0 Å². The van der Waals surface area contributed by atoms with E-state index in [1.165, 1.54) is 32.1 Å². The van der Waals surface area contributed by atoms with Crippen molar-refractivity contribution in [2.45, 2.75) is 51.5 Å². The monoisotopic (exact) mass is 260 g/mol. The van der Waals surface area contributed by atoms with Gasteiger partial charge < -0.3 is 10.2 Å². The van der Waals surface area contributed by atoms with Gasteiger partial charge in [-0.2, -0.15) is 0 Å². The largest absolute Gasteiger partial charge is 0.340 e. The molecule has 1 atom stereocenters. The number of nitrogens with zero attached hydrogens (tertiary/aromatic N) is 1. The van der Waals surface area contributed by atoms with Crippen LogP contribution < -0.4 is 5.32 Å². The Morgan fingerprint density at radius 2 is 1.94 bits per heavy atom. The van der Waals surface area contributed by atoms with Crippen LogP contribution in [0.5, 0.6) is 0 Å². The van der Waals surface area contributed by atoms with Gasteiger partial charge in [0.1, 0.15) is 0 Å². The fraction of sp³-hybridized carbons (Fsp3) is 0.923. The normalized spacial score (nSPS) is 26.4. The molecule has 0 aliphatic carbocycles. The van der Waals surface area contributed by atoms with Crippen LogP contribution >= 0.6 is 12.4 Å². The van der Waals surface area contributed by atoms with Crippen molar-refractivity contribution in [1.29, 1.82) is 0 Å². The van der Waals surface area contributed by atoms with Gasteiger partial charge >= 0.3 is 0 Å². The van der Waals surface area contributed by atoms with E-state index in [0.717, 1.165) is 26.1 Å². The van der Waals surface area contributed by atoms with E-state index in [1.54, 1.807) is 0 Å². The molecule has 2 aliphatic rings. The zero-order valence-electron chi connectivity index (χ0n) is 10.8. The number of carbonyl (C=O) groups is 1. The minimum absolute atomic E-state index is 0. The van der Waals surface area contributed by atoms with Crippen LogP contribution in [-0.4, -0.2) is 36.5 Å². The summed E-state index contributed by atoms with van der Waals surface area (Å²) in [5.74, 6) is 1.03. The molecule has 17 heavy (non-hydrogen) atoms. The number of hydrogen-bond donors (Lipinski definition) is 1.